The normalized spacial score (nSPS) is 17.8. The number of furan rings is 1. The second kappa shape index (κ2) is 6.85. The molecule has 1 atom stereocenters. The van der Waals surface area contributed by atoms with Crippen molar-refractivity contribution in [2.45, 2.75) is 25.5 Å². The Kier molecular flexibility index (Phi) is 4.42. The standard InChI is InChI=1S/C18H23N5O2/c1-22-11-8-19-18(22)17(24)13-5-9-23(10-6-13)12-14-2-3-16(25-14)15-4-7-20-21-15/h2-4,7-8,11,13,17,24H,5-6,9-10,12H2,1H3,(H,20,21)/t17-/m0/s1. The number of aliphatic hydroxyl groups excluding tert-OH is 1. The van der Waals surface area contributed by atoms with Crippen molar-refractivity contribution in [1.29, 1.82) is 0 Å². The van der Waals surface area contributed by atoms with Crippen LogP contribution in [0, 0.1) is 5.92 Å². The zero-order chi connectivity index (χ0) is 17.2. The van der Waals surface area contributed by atoms with Gasteiger partial charge in [0.1, 0.15) is 23.4 Å². The van der Waals surface area contributed by atoms with E-state index in [1.165, 1.54) is 0 Å². The fraction of sp³-hybridized carbons (Fsp3) is 0.444. The second-order valence-electron chi connectivity index (χ2n) is 6.69. The number of aryl methyl sites for hydroxylation is 1. The average molecular weight is 341 g/mol. The predicted molar refractivity (Wildman–Crippen MR) is 92.5 cm³/mol. The van der Waals surface area contributed by atoms with Gasteiger partial charge in [-0.2, -0.15) is 5.10 Å². The van der Waals surface area contributed by atoms with Crippen LogP contribution in [0.1, 0.15) is 30.5 Å². The minimum Gasteiger partial charge on any atom is -0.458 e. The highest BCUT2D eigenvalue weighted by molar-refractivity contribution is 5.51. The van der Waals surface area contributed by atoms with Crippen LogP contribution in [-0.2, 0) is 13.6 Å². The smallest absolute Gasteiger partial charge is 0.152 e. The largest absolute Gasteiger partial charge is 0.458 e. The molecule has 1 aliphatic rings. The first kappa shape index (κ1) is 16.1. The van der Waals surface area contributed by atoms with E-state index < -0.39 is 6.10 Å². The van der Waals surface area contributed by atoms with Crippen LogP contribution >= 0.6 is 0 Å². The summed E-state index contributed by atoms with van der Waals surface area (Å²) in [6.45, 7) is 2.69. The highest BCUT2D eigenvalue weighted by Gasteiger charge is 2.28. The van der Waals surface area contributed by atoms with E-state index >= 15 is 0 Å². The van der Waals surface area contributed by atoms with E-state index in [1.807, 2.05) is 36.0 Å². The summed E-state index contributed by atoms with van der Waals surface area (Å²) in [5.74, 6) is 2.78. The number of nitrogens with zero attached hydrogens (tertiary/aromatic N) is 4. The van der Waals surface area contributed by atoms with Crippen molar-refractivity contribution in [2.24, 2.45) is 13.0 Å². The van der Waals surface area contributed by atoms with E-state index in [4.69, 9.17) is 4.42 Å². The number of hydrogen-bond acceptors (Lipinski definition) is 5. The number of aromatic nitrogens is 4. The lowest BCUT2D eigenvalue weighted by Crippen LogP contribution is -2.35. The highest BCUT2D eigenvalue weighted by Crippen LogP contribution is 2.30. The molecule has 0 aromatic carbocycles. The maximum absolute atomic E-state index is 10.6. The molecule has 7 nitrogen and oxygen atoms in total. The predicted octanol–water partition coefficient (Wildman–Crippen LogP) is 2.35. The maximum Gasteiger partial charge on any atom is 0.152 e. The second-order valence-corrected chi connectivity index (χ2v) is 6.69. The van der Waals surface area contributed by atoms with E-state index in [0.717, 1.165) is 55.5 Å². The summed E-state index contributed by atoms with van der Waals surface area (Å²) in [5.41, 5.74) is 0.892. The van der Waals surface area contributed by atoms with Crippen LogP contribution in [0.5, 0.6) is 0 Å². The molecule has 132 valence electrons. The van der Waals surface area contributed by atoms with Gasteiger partial charge in [0.15, 0.2) is 5.76 Å². The molecule has 0 amide bonds. The summed E-state index contributed by atoms with van der Waals surface area (Å²) in [6.07, 6.45) is 6.76. The van der Waals surface area contributed by atoms with Crippen molar-refractivity contribution in [3.8, 4) is 11.5 Å². The zero-order valence-corrected chi connectivity index (χ0v) is 14.3. The summed E-state index contributed by atoms with van der Waals surface area (Å²) in [5, 5.41) is 17.4. The fourth-order valence-electron chi connectivity index (χ4n) is 3.52. The molecule has 3 aromatic heterocycles. The van der Waals surface area contributed by atoms with Crippen LogP contribution < -0.4 is 0 Å². The summed E-state index contributed by atoms with van der Waals surface area (Å²) >= 11 is 0. The first-order chi connectivity index (χ1) is 12.2. The fourth-order valence-corrected chi connectivity index (χ4v) is 3.52. The van der Waals surface area contributed by atoms with Crippen molar-refractivity contribution in [3.05, 3.63) is 48.4 Å². The minimum atomic E-state index is -0.488. The van der Waals surface area contributed by atoms with Crippen LogP contribution in [0.2, 0.25) is 0 Å². The number of aliphatic hydroxyl groups is 1. The number of likely N-dealkylation sites (tertiary alicyclic amines) is 1. The van der Waals surface area contributed by atoms with Gasteiger partial charge < -0.3 is 14.1 Å². The van der Waals surface area contributed by atoms with Crippen LogP contribution in [0.25, 0.3) is 11.5 Å². The van der Waals surface area contributed by atoms with Gasteiger partial charge in [0.05, 0.1) is 6.54 Å². The molecule has 4 heterocycles. The third kappa shape index (κ3) is 3.38. The highest BCUT2D eigenvalue weighted by atomic mass is 16.3. The van der Waals surface area contributed by atoms with Gasteiger partial charge in [-0.15, -0.1) is 0 Å². The monoisotopic (exact) mass is 341 g/mol. The lowest BCUT2D eigenvalue weighted by atomic mass is 9.90. The third-order valence-electron chi connectivity index (χ3n) is 5.01. The van der Waals surface area contributed by atoms with Crippen LogP contribution in [-0.4, -0.2) is 42.8 Å². The zero-order valence-electron chi connectivity index (χ0n) is 14.3. The first-order valence-corrected chi connectivity index (χ1v) is 8.67. The number of rotatable bonds is 5. The number of piperidine rings is 1. The molecule has 1 fully saturated rings. The Labute approximate surface area is 146 Å². The molecule has 7 heteroatoms. The number of H-pyrrole nitrogens is 1. The Morgan fingerprint density at radius 3 is 2.80 bits per heavy atom. The van der Waals surface area contributed by atoms with Crippen molar-refractivity contribution in [1.82, 2.24) is 24.6 Å². The average Bonchev–Trinajstić information content (AvgIpc) is 3.36. The molecule has 0 unspecified atom stereocenters. The van der Waals surface area contributed by atoms with Crippen LogP contribution in [0.3, 0.4) is 0 Å². The number of imidazole rings is 1. The van der Waals surface area contributed by atoms with E-state index in [2.05, 4.69) is 20.1 Å². The van der Waals surface area contributed by atoms with E-state index in [-0.39, 0.29) is 5.92 Å². The SMILES string of the molecule is Cn1ccnc1[C@@H](O)C1CCN(Cc2ccc(-c3ccn[nH]3)o2)CC1. The minimum absolute atomic E-state index is 0.259. The lowest BCUT2D eigenvalue weighted by Gasteiger charge is -2.33. The van der Waals surface area contributed by atoms with Crippen LogP contribution in [0.4, 0.5) is 0 Å². The first-order valence-electron chi connectivity index (χ1n) is 8.67. The van der Waals surface area contributed by atoms with Gasteiger partial charge in [0.2, 0.25) is 0 Å². The molecule has 2 N–H and O–H groups in total. The molecule has 4 rings (SSSR count). The number of hydrogen-bond donors (Lipinski definition) is 2. The van der Waals surface area contributed by atoms with Crippen LogP contribution in [0.15, 0.2) is 41.2 Å². The molecular formula is C18H23N5O2. The Balaban J connectivity index is 1.33. The van der Waals surface area contributed by atoms with Gasteiger partial charge in [-0.25, -0.2) is 4.98 Å². The topological polar surface area (TPSA) is 83.1 Å². The Morgan fingerprint density at radius 2 is 2.12 bits per heavy atom. The van der Waals surface area contributed by atoms with Gasteiger partial charge in [-0.3, -0.25) is 10.00 Å². The molecule has 0 radical (unpaired) electrons. The van der Waals surface area contributed by atoms with E-state index in [1.54, 1.807) is 12.4 Å². The Hall–Kier alpha value is -2.38. The maximum atomic E-state index is 10.6. The quantitative estimate of drug-likeness (QED) is 0.744. The molecule has 25 heavy (non-hydrogen) atoms. The summed E-state index contributed by atoms with van der Waals surface area (Å²) < 4.78 is 7.80. The van der Waals surface area contributed by atoms with Gasteiger partial charge in [-0.05, 0) is 50.0 Å². The van der Waals surface area contributed by atoms with Crippen molar-refractivity contribution in [3.63, 3.8) is 0 Å². The van der Waals surface area contributed by atoms with Gasteiger partial charge >= 0.3 is 0 Å². The number of aromatic amines is 1. The molecule has 3 aromatic rings. The molecule has 0 aliphatic carbocycles. The van der Waals surface area contributed by atoms with E-state index in [0.29, 0.717) is 0 Å². The Morgan fingerprint density at radius 1 is 1.28 bits per heavy atom. The molecule has 1 aliphatic heterocycles. The molecule has 1 saturated heterocycles. The molecular weight excluding hydrogens is 318 g/mol. The van der Waals surface area contributed by atoms with Crippen molar-refractivity contribution >= 4 is 0 Å². The van der Waals surface area contributed by atoms with Gasteiger partial charge in [-0.1, -0.05) is 0 Å². The number of nitrogens with one attached hydrogen (secondary N) is 1. The molecule has 0 spiro atoms. The van der Waals surface area contributed by atoms with Gasteiger partial charge in [0.25, 0.3) is 0 Å². The summed E-state index contributed by atoms with van der Waals surface area (Å²) in [7, 11) is 1.93. The van der Waals surface area contributed by atoms with E-state index in [9.17, 15) is 5.11 Å². The summed E-state index contributed by atoms with van der Waals surface area (Å²) in [4.78, 5) is 6.65. The van der Waals surface area contributed by atoms with Crippen molar-refractivity contribution in [2.75, 3.05) is 13.1 Å². The summed E-state index contributed by atoms with van der Waals surface area (Å²) in [6, 6.07) is 5.89. The Bertz CT molecular complexity index is 799. The lowest BCUT2D eigenvalue weighted by molar-refractivity contribution is 0.0476. The third-order valence-corrected chi connectivity index (χ3v) is 5.01. The molecule has 0 saturated carbocycles. The van der Waals surface area contributed by atoms with Gasteiger partial charge in [0, 0.05) is 25.6 Å². The molecule has 0 bridgehead atoms. The van der Waals surface area contributed by atoms with Crippen molar-refractivity contribution < 1.29 is 9.52 Å².